The van der Waals surface area contributed by atoms with E-state index in [9.17, 15) is 5.26 Å². The lowest BCUT2D eigenvalue weighted by Crippen LogP contribution is -2.58. The first kappa shape index (κ1) is 15.8. The summed E-state index contributed by atoms with van der Waals surface area (Å²) in [5.41, 5.74) is 0.101. The van der Waals surface area contributed by atoms with E-state index in [1.165, 1.54) is 19.3 Å². The van der Waals surface area contributed by atoms with Gasteiger partial charge < -0.3 is 9.80 Å². The Morgan fingerprint density at radius 3 is 2.40 bits per heavy atom. The summed E-state index contributed by atoms with van der Waals surface area (Å²) in [5.74, 6) is 0. The number of rotatable bonds is 6. The second-order valence-electron chi connectivity index (χ2n) is 7.01. The van der Waals surface area contributed by atoms with Crippen LogP contribution in [0.4, 0.5) is 0 Å². The van der Waals surface area contributed by atoms with E-state index in [0.717, 1.165) is 32.4 Å². The van der Waals surface area contributed by atoms with E-state index in [1.54, 1.807) is 0 Å². The molecular weight excluding hydrogens is 248 g/mol. The molecule has 0 radical (unpaired) electrons. The first-order valence-corrected chi connectivity index (χ1v) is 8.01. The Kier molecular flexibility index (Phi) is 4.73. The van der Waals surface area contributed by atoms with Crippen LogP contribution in [-0.2, 0) is 0 Å². The molecule has 0 aromatic rings. The fraction of sp³-hybridized carbons (Fsp3) is 0.938. The van der Waals surface area contributed by atoms with E-state index in [4.69, 9.17) is 0 Å². The molecule has 0 bridgehead atoms. The second-order valence-corrected chi connectivity index (χ2v) is 7.01. The highest BCUT2D eigenvalue weighted by Gasteiger charge is 2.44. The maximum Gasteiger partial charge on any atom is 0.108 e. The van der Waals surface area contributed by atoms with E-state index >= 15 is 0 Å². The number of nitrogens with zero attached hydrogens (tertiary/aromatic N) is 3. The number of nitriles is 1. The van der Waals surface area contributed by atoms with E-state index in [0.29, 0.717) is 11.6 Å². The monoisotopic (exact) mass is 278 g/mol. The third-order valence-electron chi connectivity index (χ3n) is 5.62. The largest absolute Gasteiger partial charge is 0.302 e. The Morgan fingerprint density at radius 2 is 1.95 bits per heavy atom. The van der Waals surface area contributed by atoms with Crippen LogP contribution < -0.4 is 5.32 Å². The van der Waals surface area contributed by atoms with Gasteiger partial charge in [0.1, 0.15) is 5.54 Å². The maximum atomic E-state index is 9.49. The summed E-state index contributed by atoms with van der Waals surface area (Å²) in [6, 6.07) is 3.08. The van der Waals surface area contributed by atoms with Crippen LogP contribution >= 0.6 is 0 Å². The molecule has 2 saturated carbocycles. The van der Waals surface area contributed by atoms with Gasteiger partial charge in [0.05, 0.1) is 6.07 Å². The average Bonchev–Trinajstić information content (AvgIpc) is 2.78. The molecule has 2 atom stereocenters. The zero-order chi connectivity index (χ0) is 14.8. The Balaban J connectivity index is 1.94. The molecule has 114 valence electrons. The quantitative estimate of drug-likeness (QED) is 0.805. The molecule has 0 aromatic carbocycles. The summed E-state index contributed by atoms with van der Waals surface area (Å²) in [6.45, 7) is 4.11. The minimum absolute atomic E-state index is 0.279. The Bertz CT molecular complexity index is 369. The van der Waals surface area contributed by atoms with Crippen LogP contribution in [0.15, 0.2) is 0 Å². The van der Waals surface area contributed by atoms with Gasteiger partial charge in [0.15, 0.2) is 0 Å². The van der Waals surface area contributed by atoms with Gasteiger partial charge in [0, 0.05) is 18.1 Å². The van der Waals surface area contributed by atoms with Gasteiger partial charge in [-0.1, -0.05) is 6.92 Å². The van der Waals surface area contributed by atoms with Gasteiger partial charge >= 0.3 is 0 Å². The molecule has 0 amide bonds. The summed E-state index contributed by atoms with van der Waals surface area (Å²) in [7, 11) is 6.66. The van der Waals surface area contributed by atoms with Crippen molar-refractivity contribution in [2.75, 3.05) is 34.2 Å². The van der Waals surface area contributed by atoms with Crippen LogP contribution in [0.25, 0.3) is 0 Å². The SMILES string of the molecule is CCNC1(C#N)CCC(N(C)CC2(N(C)C)CCC2)C1. The molecule has 4 nitrogen and oxygen atoms in total. The van der Waals surface area contributed by atoms with Gasteiger partial charge in [-0.2, -0.15) is 5.26 Å². The van der Waals surface area contributed by atoms with Crippen molar-refractivity contribution >= 4 is 0 Å². The lowest BCUT2D eigenvalue weighted by atomic mass is 9.75. The second kappa shape index (κ2) is 6.01. The Hall–Kier alpha value is -0.630. The zero-order valence-electron chi connectivity index (χ0n) is 13.6. The average molecular weight is 278 g/mol. The molecule has 0 saturated heterocycles. The molecule has 1 N–H and O–H groups in total. The molecule has 2 fully saturated rings. The van der Waals surface area contributed by atoms with Gasteiger partial charge in [0.25, 0.3) is 0 Å². The molecule has 0 aliphatic heterocycles. The minimum atomic E-state index is -0.279. The normalized spacial score (nSPS) is 32.4. The molecular formula is C16H30N4. The molecule has 0 heterocycles. The molecule has 20 heavy (non-hydrogen) atoms. The summed E-state index contributed by atoms with van der Waals surface area (Å²) in [5, 5.41) is 12.9. The highest BCUT2D eigenvalue weighted by Crippen LogP contribution is 2.39. The van der Waals surface area contributed by atoms with Crippen LogP contribution in [0.2, 0.25) is 0 Å². The highest BCUT2D eigenvalue weighted by molar-refractivity contribution is 5.13. The summed E-state index contributed by atoms with van der Waals surface area (Å²) in [4.78, 5) is 4.92. The molecule has 2 aliphatic carbocycles. The number of hydrogen-bond donors (Lipinski definition) is 1. The number of hydrogen-bond acceptors (Lipinski definition) is 4. The van der Waals surface area contributed by atoms with Crippen molar-refractivity contribution in [2.45, 2.75) is 62.6 Å². The third-order valence-corrected chi connectivity index (χ3v) is 5.62. The van der Waals surface area contributed by atoms with Crippen molar-refractivity contribution in [3.8, 4) is 6.07 Å². The maximum absolute atomic E-state index is 9.49. The smallest absolute Gasteiger partial charge is 0.108 e. The van der Waals surface area contributed by atoms with Crippen molar-refractivity contribution in [1.29, 1.82) is 5.26 Å². The Morgan fingerprint density at radius 1 is 1.25 bits per heavy atom. The van der Waals surface area contributed by atoms with Crippen LogP contribution in [-0.4, -0.2) is 61.2 Å². The van der Waals surface area contributed by atoms with Crippen molar-refractivity contribution in [1.82, 2.24) is 15.1 Å². The predicted molar refractivity (Wildman–Crippen MR) is 82.6 cm³/mol. The van der Waals surface area contributed by atoms with Crippen molar-refractivity contribution < 1.29 is 0 Å². The molecule has 4 heteroatoms. The van der Waals surface area contributed by atoms with Crippen molar-refractivity contribution in [3.05, 3.63) is 0 Å². The number of likely N-dealkylation sites (N-methyl/N-ethyl adjacent to an activating group) is 2. The van der Waals surface area contributed by atoms with Gasteiger partial charge in [-0.3, -0.25) is 5.32 Å². The van der Waals surface area contributed by atoms with Crippen LogP contribution in [0.5, 0.6) is 0 Å². The van der Waals surface area contributed by atoms with E-state index < -0.39 is 0 Å². The lowest BCUT2D eigenvalue weighted by Gasteiger charge is -2.50. The van der Waals surface area contributed by atoms with Gasteiger partial charge in [-0.25, -0.2) is 0 Å². The van der Waals surface area contributed by atoms with Gasteiger partial charge in [-0.05, 0) is 66.2 Å². The Labute approximate surface area is 124 Å². The van der Waals surface area contributed by atoms with E-state index in [2.05, 4.69) is 49.3 Å². The molecule has 2 aliphatic rings. The predicted octanol–water partition coefficient (Wildman–Crippen LogP) is 1.83. The first-order chi connectivity index (χ1) is 9.47. The lowest BCUT2D eigenvalue weighted by molar-refractivity contribution is 0.0163. The summed E-state index contributed by atoms with van der Waals surface area (Å²) in [6.07, 6.45) is 7.08. The molecule has 2 rings (SSSR count). The zero-order valence-corrected chi connectivity index (χ0v) is 13.6. The van der Waals surface area contributed by atoms with E-state index in [1.807, 2.05) is 0 Å². The molecule has 0 spiro atoms. The van der Waals surface area contributed by atoms with Crippen LogP contribution in [0.1, 0.15) is 45.4 Å². The summed E-state index contributed by atoms with van der Waals surface area (Å²) < 4.78 is 0. The fourth-order valence-electron chi connectivity index (χ4n) is 3.96. The third kappa shape index (κ3) is 2.86. The first-order valence-electron chi connectivity index (χ1n) is 8.01. The van der Waals surface area contributed by atoms with Crippen LogP contribution in [0, 0.1) is 11.3 Å². The standard InChI is InChI=1S/C16H30N4/c1-5-18-15(12-17)10-7-14(11-15)20(4)13-16(19(2)3)8-6-9-16/h14,18H,5-11,13H2,1-4H3. The topological polar surface area (TPSA) is 42.3 Å². The highest BCUT2D eigenvalue weighted by atomic mass is 15.2. The van der Waals surface area contributed by atoms with Crippen molar-refractivity contribution in [3.63, 3.8) is 0 Å². The van der Waals surface area contributed by atoms with Gasteiger partial charge in [-0.15, -0.1) is 0 Å². The molecule has 0 aromatic heterocycles. The number of nitrogens with one attached hydrogen (secondary N) is 1. The fourth-order valence-corrected chi connectivity index (χ4v) is 3.96. The summed E-state index contributed by atoms with van der Waals surface area (Å²) >= 11 is 0. The van der Waals surface area contributed by atoms with Crippen LogP contribution in [0.3, 0.4) is 0 Å². The van der Waals surface area contributed by atoms with Gasteiger partial charge in [0.2, 0.25) is 0 Å². The van der Waals surface area contributed by atoms with Crippen molar-refractivity contribution in [2.24, 2.45) is 0 Å². The molecule has 2 unspecified atom stereocenters. The van der Waals surface area contributed by atoms with E-state index in [-0.39, 0.29) is 5.54 Å². The minimum Gasteiger partial charge on any atom is -0.302 e.